The van der Waals surface area contributed by atoms with Gasteiger partial charge in [0.1, 0.15) is 0 Å². The topological polar surface area (TPSA) is 44.8 Å². The Hall–Kier alpha value is -0.810. The third-order valence-corrected chi connectivity index (χ3v) is 2.96. The fraction of sp³-hybridized carbons (Fsp3) is 0.900. The Labute approximate surface area is 90.4 Å². The van der Waals surface area contributed by atoms with Gasteiger partial charge in [-0.1, -0.05) is 0 Å². The van der Waals surface area contributed by atoms with Crippen molar-refractivity contribution >= 4 is 6.09 Å². The Morgan fingerprint density at radius 2 is 2.13 bits per heavy atom. The van der Waals surface area contributed by atoms with E-state index in [9.17, 15) is 4.79 Å². The molecule has 0 aromatic rings. The molecule has 0 atom stereocenters. The minimum Gasteiger partial charge on any atom is -0.453 e. The highest BCUT2D eigenvalue weighted by molar-refractivity contribution is 5.68. The summed E-state index contributed by atoms with van der Waals surface area (Å²) in [5.41, 5.74) is 0. The van der Waals surface area contributed by atoms with Gasteiger partial charge in [0.25, 0.3) is 0 Å². The van der Waals surface area contributed by atoms with Crippen LogP contribution in [0.2, 0.25) is 0 Å². The summed E-state index contributed by atoms with van der Waals surface area (Å²) in [5.74, 6) is 0. The summed E-state index contributed by atoms with van der Waals surface area (Å²) in [6.07, 6.45) is 2.07. The van der Waals surface area contributed by atoms with Crippen LogP contribution in [0.15, 0.2) is 0 Å². The first kappa shape index (κ1) is 10.7. The molecule has 0 bridgehead atoms. The van der Waals surface area contributed by atoms with E-state index < -0.39 is 0 Å². The molecule has 15 heavy (non-hydrogen) atoms. The van der Waals surface area contributed by atoms with Crippen LogP contribution < -0.4 is 5.32 Å². The second-order valence-electron chi connectivity index (χ2n) is 4.18. The van der Waals surface area contributed by atoms with Crippen molar-refractivity contribution in [3.63, 3.8) is 0 Å². The van der Waals surface area contributed by atoms with Crippen molar-refractivity contribution in [2.75, 3.05) is 40.0 Å². The van der Waals surface area contributed by atoms with E-state index in [1.807, 2.05) is 4.90 Å². The average Bonchev–Trinajstić information content (AvgIpc) is 3.10. The molecule has 5 heteroatoms. The number of nitrogens with one attached hydrogen (secondary N) is 1. The Morgan fingerprint density at radius 3 is 2.67 bits per heavy atom. The fourth-order valence-corrected chi connectivity index (χ4v) is 1.89. The number of nitrogens with zero attached hydrogens (tertiary/aromatic N) is 2. The van der Waals surface area contributed by atoms with Gasteiger partial charge in [-0.25, -0.2) is 4.79 Å². The molecule has 1 saturated carbocycles. The maximum Gasteiger partial charge on any atom is 0.410 e. The van der Waals surface area contributed by atoms with Gasteiger partial charge in [-0.05, 0) is 12.8 Å². The zero-order chi connectivity index (χ0) is 10.7. The monoisotopic (exact) mass is 213 g/mol. The molecule has 0 spiro atoms. The number of piperazine rings is 1. The maximum absolute atomic E-state index is 11.5. The van der Waals surface area contributed by atoms with E-state index in [1.54, 1.807) is 0 Å². The first-order valence-electron chi connectivity index (χ1n) is 5.59. The van der Waals surface area contributed by atoms with E-state index in [1.165, 1.54) is 7.11 Å². The maximum atomic E-state index is 11.5. The highest BCUT2D eigenvalue weighted by Gasteiger charge is 2.34. The summed E-state index contributed by atoms with van der Waals surface area (Å²) in [6, 6.07) is 0.423. The average molecular weight is 213 g/mol. The lowest BCUT2D eigenvalue weighted by Crippen LogP contribution is -2.50. The number of amides is 1. The lowest BCUT2D eigenvalue weighted by molar-refractivity contribution is 0.0802. The second kappa shape index (κ2) is 4.81. The number of rotatable bonds is 3. The predicted molar refractivity (Wildman–Crippen MR) is 56.6 cm³/mol. The van der Waals surface area contributed by atoms with Crippen molar-refractivity contribution < 1.29 is 9.53 Å². The van der Waals surface area contributed by atoms with Crippen LogP contribution in [0.5, 0.6) is 0 Å². The highest BCUT2D eigenvalue weighted by Crippen LogP contribution is 2.27. The third kappa shape index (κ3) is 2.82. The molecule has 0 radical (unpaired) electrons. The molecule has 0 unspecified atom stereocenters. The van der Waals surface area contributed by atoms with Gasteiger partial charge in [-0.3, -0.25) is 9.80 Å². The first-order valence-corrected chi connectivity index (χ1v) is 5.59. The Balaban J connectivity index is 1.84. The van der Waals surface area contributed by atoms with Crippen molar-refractivity contribution in [3.05, 3.63) is 0 Å². The third-order valence-electron chi connectivity index (χ3n) is 2.96. The second-order valence-corrected chi connectivity index (χ2v) is 4.18. The summed E-state index contributed by atoms with van der Waals surface area (Å²) in [5, 5.41) is 3.30. The molecular weight excluding hydrogens is 194 g/mol. The molecule has 0 aromatic heterocycles. The minimum atomic E-state index is -0.184. The number of carbonyl (C=O) groups is 1. The number of carbonyl (C=O) groups excluding carboxylic acids is 1. The van der Waals surface area contributed by atoms with Crippen molar-refractivity contribution in [1.29, 1.82) is 0 Å². The van der Waals surface area contributed by atoms with E-state index in [2.05, 4.69) is 10.2 Å². The summed E-state index contributed by atoms with van der Waals surface area (Å²) in [6.45, 7) is 4.78. The molecule has 0 aromatic carbocycles. The lowest BCUT2D eigenvalue weighted by Gasteiger charge is -2.32. The molecular formula is C10H19N3O2. The van der Waals surface area contributed by atoms with E-state index in [-0.39, 0.29) is 6.09 Å². The SMILES string of the molecule is COC(=O)N(CN1CCNCC1)C1CC1. The van der Waals surface area contributed by atoms with Crippen LogP contribution in [0.3, 0.4) is 0 Å². The normalized spacial score (nSPS) is 22.5. The largest absolute Gasteiger partial charge is 0.453 e. The van der Waals surface area contributed by atoms with Gasteiger partial charge >= 0.3 is 6.09 Å². The summed E-state index contributed by atoms with van der Waals surface area (Å²) in [7, 11) is 1.45. The quantitative estimate of drug-likeness (QED) is 0.721. The van der Waals surface area contributed by atoms with Gasteiger partial charge in [0.2, 0.25) is 0 Å². The van der Waals surface area contributed by atoms with Crippen LogP contribution in [0.1, 0.15) is 12.8 Å². The summed E-state index contributed by atoms with van der Waals surface area (Å²) < 4.78 is 4.80. The molecule has 1 amide bonds. The van der Waals surface area contributed by atoms with E-state index in [0.717, 1.165) is 45.7 Å². The van der Waals surface area contributed by atoms with Crippen LogP contribution in [0.4, 0.5) is 4.79 Å². The molecule has 1 N–H and O–H groups in total. The fourth-order valence-electron chi connectivity index (χ4n) is 1.89. The lowest BCUT2D eigenvalue weighted by atomic mass is 10.4. The highest BCUT2D eigenvalue weighted by atomic mass is 16.5. The van der Waals surface area contributed by atoms with E-state index >= 15 is 0 Å². The summed E-state index contributed by atoms with van der Waals surface area (Å²) >= 11 is 0. The molecule has 1 aliphatic carbocycles. The molecule has 2 aliphatic rings. The number of ether oxygens (including phenoxy) is 1. The zero-order valence-electron chi connectivity index (χ0n) is 9.24. The number of hydrogen-bond acceptors (Lipinski definition) is 4. The van der Waals surface area contributed by atoms with Gasteiger partial charge < -0.3 is 10.1 Å². The van der Waals surface area contributed by atoms with Crippen LogP contribution in [0, 0.1) is 0 Å². The molecule has 1 saturated heterocycles. The molecule has 86 valence electrons. The van der Waals surface area contributed by atoms with Crippen LogP contribution in [0.25, 0.3) is 0 Å². The van der Waals surface area contributed by atoms with Gasteiger partial charge in [-0.15, -0.1) is 0 Å². The molecule has 1 heterocycles. The Morgan fingerprint density at radius 1 is 1.47 bits per heavy atom. The zero-order valence-corrected chi connectivity index (χ0v) is 9.24. The number of hydrogen-bond donors (Lipinski definition) is 1. The molecule has 5 nitrogen and oxygen atoms in total. The van der Waals surface area contributed by atoms with E-state index in [4.69, 9.17) is 4.74 Å². The summed E-state index contributed by atoms with van der Waals surface area (Å²) in [4.78, 5) is 15.7. The standard InChI is InChI=1S/C10H19N3O2/c1-15-10(14)13(9-2-3-9)8-12-6-4-11-5-7-12/h9,11H,2-8H2,1H3. The van der Waals surface area contributed by atoms with Crippen molar-refractivity contribution in [3.8, 4) is 0 Å². The van der Waals surface area contributed by atoms with E-state index in [0.29, 0.717) is 6.04 Å². The predicted octanol–water partition coefficient (Wildman–Crippen LogP) is 0.0799. The Kier molecular flexibility index (Phi) is 3.43. The van der Waals surface area contributed by atoms with Crippen LogP contribution >= 0.6 is 0 Å². The van der Waals surface area contributed by atoms with Gasteiger partial charge in [0.15, 0.2) is 0 Å². The van der Waals surface area contributed by atoms with Crippen LogP contribution in [-0.4, -0.2) is 61.9 Å². The van der Waals surface area contributed by atoms with Crippen molar-refractivity contribution in [1.82, 2.24) is 15.1 Å². The molecule has 2 fully saturated rings. The van der Waals surface area contributed by atoms with Crippen LogP contribution in [-0.2, 0) is 4.74 Å². The molecule has 1 aliphatic heterocycles. The molecule has 2 rings (SSSR count). The van der Waals surface area contributed by atoms with Crippen molar-refractivity contribution in [2.45, 2.75) is 18.9 Å². The first-order chi connectivity index (χ1) is 7.31. The number of methoxy groups -OCH3 is 1. The minimum absolute atomic E-state index is 0.184. The van der Waals surface area contributed by atoms with Crippen molar-refractivity contribution in [2.24, 2.45) is 0 Å². The Bertz CT molecular complexity index is 225. The van der Waals surface area contributed by atoms with Gasteiger partial charge in [-0.2, -0.15) is 0 Å². The smallest absolute Gasteiger partial charge is 0.410 e. The van der Waals surface area contributed by atoms with Gasteiger partial charge in [0, 0.05) is 32.2 Å². The van der Waals surface area contributed by atoms with Gasteiger partial charge in [0.05, 0.1) is 13.8 Å².